The molecule has 2 aromatic carbocycles. The maximum atomic E-state index is 14.6. The van der Waals surface area contributed by atoms with Gasteiger partial charge in [-0.25, -0.2) is 4.79 Å². The van der Waals surface area contributed by atoms with Crippen molar-refractivity contribution in [3.05, 3.63) is 65.2 Å². The first-order valence-electron chi connectivity index (χ1n) is 13.9. The number of hydrogen-bond donors (Lipinski definition) is 3. The van der Waals surface area contributed by atoms with Gasteiger partial charge in [-0.05, 0) is 97.2 Å². The van der Waals surface area contributed by atoms with Crippen LogP contribution in [0.4, 0.5) is 4.79 Å². The fourth-order valence-electron chi connectivity index (χ4n) is 4.25. The standard InChI is InChI=1S/C33H45N3O5/c1-11-22-13-17-24(18-14-22)27(28(38)35-31(3,4)5)36(33(9,10)12-2)29(39)26(34-30(40)41-32(6,7)8)21-23-15-19-25(37)20-16-23/h1,13-20,26-27,37H,12,21H2,2-10H3,(H,34,40)(H,35,38). The van der Waals surface area contributed by atoms with Gasteiger partial charge in [0.25, 0.3) is 0 Å². The van der Waals surface area contributed by atoms with Crippen LogP contribution in [0.25, 0.3) is 0 Å². The normalized spacial score (nSPS) is 13.4. The molecule has 2 atom stereocenters. The Morgan fingerprint density at radius 2 is 1.51 bits per heavy atom. The van der Waals surface area contributed by atoms with Crippen molar-refractivity contribution in [2.45, 2.75) is 104 Å². The smallest absolute Gasteiger partial charge is 0.408 e. The van der Waals surface area contributed by atoms with Crippen LogP contribution in [0.1, 0.15) is 91.5 Å². The third kappa shape index (κ3) is 9.86. The monoisotopic (exact) mass is 563 g/mol. The largest absolute Gasteiger partial charge is 0.508 e. The Kier molecular flexibility index (Phi) is 10.6. The van der Waals surface area contributed by atoms with Gasteiger partial charge in [0.1, 0.15) is 23.4 Å². The van der Waals surface area contributed by atoms with E-state index in [2.05, 4.69) is 16.6 Å². The highest BCUT2D eigenvalue weighted by molar-refractivity contribution is 5.93. The van der Waals surface area contributed by atoms with Crippen LogP contribution in [-0.2, 0) is 20.7 Å². The van der Waals surface area contributed by atoms with Crippen LogP contribution >= 0.6 is 0 Å². The van der Waals surface area contributed by atoms with Crippen LogP contribution < -0.4 is 10.6 Å². The molecular formula is C33H45N3O5. The van der Waals surface area contributed by atoms with Crippen molar-refractivity contribution in [2.24, 2.45) is 0 Å². The molecule has 0 aliphatic carbocycles. The average molecular weight is 564 g/mol. The van der Waals surface area contributed by atoms with Gasteiger partial charge in [-0.1, -0.05) is 37.1 Å². The van der Waals surface area contributed by atoms with E-state index in [0.29, 0.717) is 23.1 Å². The lowest BCUT2D eigenvalue weighted by Crippen LogP contribution is -2.60. The summed E-state index contributed by atoms with van der Waals surface area (Å²) >= 11 is 0. The van der Waals surface area contributed by atoms with E-state index in [4.69, 9.17) is 11.2 Å². The van der Waals surface area contributed by atoms with Gasteiger partial charge in [-0.15, -0.1) is 6.42 Å². The van der Waals surface area contributed by atoms with E-state index in [1.807, 2.05) is 41.5 Å². The van der Waals surface area contributed by atoms with Gasteiger partial charge in [0, 0.05) is 23.1 Å². The van der Waals surface area contributed by atoms with Gasteiger partial charge in [0.15, 0.2) is 0 Å². The van der Waals surface area contributed by atoms with Gasteiger partial charge in [0.2, 0.25) is 11.8 Å². The summed E-state index contributed by atoms with van der Waals surface area (Å²) in [6, 6.07) is 11.3. The lowest BCUT2D eigenvalue weighted by Gasteiger charge is -2.45. The van der Waals surface area contributed by atoms with Crippen LogP contribution in [0.15, 0.2) is 48.5 Å². The minimum Gasteiger partial charge on any atom is -0.508 e. The lowest BCUT2D eigenvalue weighted by molar-refractivity contribution is -0.149. The summed E-state index contributed by atoms with van der Waals surface area (Å²) < 4.78 is 5.49. The highest BCUT2D eigenvalue weighted by atomic mass is 16.6. The number of hydrogen-bond acceptors (Lipinski definition) is 5. The second kappa shape index (κ2) is 13.1. The van der Waals surface area contributed by atoms with Crippen molar-refractivity contribution in [3.8, 4) is 18.1 Å². The molecule has 2 rings (SSSR count). The fourth-order valence-corrected chi connectivity index (χ4v) is 4.25. The van der Waals surface area contributed by atoms with Crippen LogP contribution in [-0.4, -0.2) is 50.6 Å². The van der Waals surface area contributed by atoms with Crippen LogP contribution in [0.3, 0.4) is 0 Å². The Bertz CT molecular complexity index is 1250. The molecule has 0 saturated heterocycles. The number of terminal acetylenes is 1. The number of alkyl carbamates (subject to hydrolysis) is 1. The molecule has 41 heavy (non-hydrogen) atoms. The molecule has 222 valence electrons. The third-order valence-corrected chi connectivity index (χ3v) is 6.52. The minimum atomic E-state index is -1.07. The van der Waals surface area contributed by atoms with E-state index in [-0.39, 0.29) is 18.1 Å². The molecule has 0 aliphatic heterocycles. The summed E-state index contributed by atoms with van der Waals surface area (Å²) in [5.41, 5.74) is -0.217. The highest BCUT2D eigenvalue weighted by Crippen LogP contribution is 2.33. The van der Waals surface area contributed by atoms with E-state index in [0.717, 1.165) is 0 Å². The summed E-state index contributed by atoms with van der Waals surface area (Å²) in [6.45, 7) is 16.6. The number of carbonyl (C=O) groups is 3. The molecule has 2 unspecified atom stereocenters. The fraction of sp³-hybridized carbons (Fsp3) is 0.485. The van der Waals surface area contributed by atoms with Crippen LogP contribution in [0.2, 0.25) is 0 Å². The molecule has 0 aliphatic rings. The van der Waals surface area contributed by atoms with Gasteiger partial charge >= 0.3 is 6.09 Å². The summed E-state index contributed by atoms with van der Waals surface area (Å²) in [7, 11) is 0. The number of rotatable bonds is 9. The van der Waals surface area contributed by atoms with Crippen molar-refractivity contribution in [2.75, 3.05) is 0 Å². The number of nitrogens with one attached hydrogen (secondary N) is 2. The zero-order chi connectivity index (χ0) is 31.2. The SMILES string of the molecule is C#Cc1ccc(C(C(=O)NC(C)(C)C)N(C(=O)C(Cc2ccc(O)cc2)NC(=O)OC(C)(C)C)C(C)(C)CC)cc1. The average Bonchev–Trinajstić information content (AvgIpc) is 2.85. The van der Waals surface area contributed by atoms with Crippen molar-refractivity contribution in [1.29, 1.82) is 0 Å². The van der Waals surface area contributed by atoms with E-state index < -0.39 is 40.8 Å². The van der Waals surface area contributed by atoms with E-state index in [1.54, 1.807) is 62.1 Å². The topological polar surface area (TPSA) is 108 Å². The molecule has 8 heteroatoms. The Morgan fingerprint density at radius 3 is 1.98 bits per heavy atom. The first-order valence-corrected chi connectivity index (χ1v) is 13.9. The molecule has 0 bridgehead atoms. The van der Waals surface area contributed by atoms with E-state index in [9.17, 15) is 19.5 Å². The summed E-state index contributed by atoms with van der Waals surface area (Å²) in [5.74, 6) is 1.85. The molecule has 0 fully saturated rings. The second-order valence-electron chi connectivity index (χ2n) is 12.9. The molecule has 0 radical (unpaired) electrons. The van der Waals surface area contributed by atoms with Crippen molar-refractivity contribution in [3.63, 3.8) is 0 Å². The van der Waals surface area contributed by atoms with Gasteiger partial charge in [-0.2, -0.15) is 0 Å². The number of carbonyl (C=O) groups excluding carboxylic acids is 3. The summed E-state index contributed by atoms with van der Waals surface area (Å²) in [5, 5.41) is 15.6. The molecule has 2 aromatic rings. The number of amides is 3. The molecule has 8 nitrogen and oxygen atoms in total. The first-order chi connectivity index (χ1) is 18.9. The second-order valence-corrected chi connectivity index (χ2v) is 12.9. The molecule has 0 heterocycles. The number of ether oxygens (including phenoxy) is 1. The van der Waals surface area contributed by atoms with Crippen molar-refractivity contribution >= 4 is 17.9 Å². The number of nitrogens with zero attached hydrogens (tertiary/aromatic N) is 1. The van der Waals surface area contributed by atoms with Crippen molar-refractivity contribution < 1.29 is 24.2 Å². The third-order valence-electron chi connectivity index (χ3n) is 6.52. The molecule has 3 amide bonds. The number of phenolic OH excluding ortho intramolecular Hbond substituents is 1. The van der Waals surface area contributed by atoms with E-state index >= 15 is 0 Å². The maximum absolute atomic E-state index is 14.6. The van der Waals surface area contributed by atoms with Crippen molar-refractivity contribution in [1.82, 2.24) is 15.5 Å². The van der Waals surface area contributed by atoms with Gasteiger partial charge < -0.3 is 25.4 Å². The lowest BCUT2D eigenvalue weighted by atomic mass is 9.90. The molecule has 0 saturated carbocycles. The minimum absolute atomic E-state index is 0.0832. The molecule has 0 aromatic heterocycles. The molecule has 3 N–H and O–H groups in total. The quantitative estimate of drug-likeness (QED) is 0.350. The number of benzene rings is 2. The van der Waals surface area contributed by atoms with Crippen LogP contribution in [0.5, 0.6) is 5.75 Å². The molecular weight excluding hydrogens is 518 g/mol. The summed E-state index contributed by atoms with van der Waals surface area (Å²) in [4.78, 5) is 43.1. The number of aromatic hydroxyl groups is 1. The predicted molar refractivity (Wildman–Crippen MR) is 161 cm³/mol. The predicted octanol–water partition coefficient (Wildman–Crippen LogP) is 5.48. The Morgan fingerprint density at radius 1 is 0.951 bits per heavy atom. The van der Waals surface area contributed by atoms with Crippen LogP contribution in [0, 0.1) is 12.3 Å². The summed E-state index contributed by atoms with van der Waals surface area (Å²) in [6.07, 6.45) is 5.45. The zero-order valence-electron chi connectivity index (χ0n) is 25.8. The Hall–Kier alpha value is -3.99. The Labute approximate surface area is 244 Å². The maximum Gasteiger partial charge on any atom is 0.408 e. The zero-order valence-corrected chi connectivity index (χ0v) is 25.8. The highest BCUT2D eigenvalue weighted by Gasteiger charge is 2.43. The van der Waals surface area contributed by atoms with Gasteiger partial charge in [0.05, 0.1) is 0 Å². The molecule has 0 spiro atoms. The number of phenols is 1. The Balaban J connectivity index is 2.70. The first kappa shape index (κ1) is 33.2. The van der Waals surface area contributed by atoms with E-state index in [1.165, 1.54) is 12.1 Å². The van der Waals surface area contributed by atoms with Gasteiger partial charge in [-0.3, -0.25) is 9.59 Å².